The van der Waals surface area contributed by atoms with Crippen LogP contribution < -0.4 is 10.1 Å². The standard InChI is InChI=1S/C18H22ClNO/c1-12(2)20-11-14-6-7-15(19)10-16(14)17-9-13(3)5-8-18(17)21-4/h5-10,12,20H,11H2,1-4H3. The van der Waals surface area contributed by atoms with Crippen molar-refractivity contribution >= 4 is 11.6 Å². The smallest absolute Gasteiger partial charge is 0.126 e. The lowest BCUT2D eigenvalue weighted by molar-refractivity contribution is 0.416. The van der Waals surface area contributed by atoms with Crippen molar-refractivity contribution in [2.45, 2.75) is 33.4 Å². The molecule has 0 aliphatic carbocycles. The summed E-state index contributed by atoms with van der Waals surface area (Å²) < 4.78 is 5.51. The second-order valence-corrected chi connectivity index (χ2v) is 5.98. The van der Waals surface area contributed by atoms with Gasteiger partial charge in [-0.15, -0.1) is 0 Å². The summed E-state index contributed by atoms with van der Waals surface area (Å²) in [6, 6.07) is 12.7. The number of hydrogen-bond donors (Lipinski definition) is 1. The van der Waals surface area contributed by atoms with Gasteiger partial charge in [-0.05, 0) is 42.3 Å². The molecule has 0 radical (unpaired) electrons. The summed E-state index contributed by atoms with van der Waals surface area (Å²) in [5, 5.41) is 4.20. The predicted octanol–water partition coefficient (Wildman–Crippen LogP) is 4.82. The third-order valence-corrected chi connectivity index (χ3v) is 3.65. The molecule has 0 saturated carbocycles. The Bertz CT molecular complexity index is 623. The Balaban J connectivity index is 2.51. The molecule has 1 N–H and O–H groups in total. The third kappa shape index (κ3) is 3.99. The zero-order valence-electron chi connectivity index (χ0n) is 13.0. The van der Waals surface area contributed by atoms with Gasteiger partial charge < -0.3 is 10.1 Å². The number of benzene rings is 2. The number of hydrogen-bond acceptors (Lipinski definition) is 2. The normalized spacial score (nSPS) is 11.0. The second-order valence-electron chi connectivity index (χ2n) is 5.54. The first kappa shape index (κ1) is 15.9. The van der Waals surface area contributed by atoms with E-state index in [1.807, 2.05) is 18.2 Å². The van der Waals surface area contributed by atoms with Crippen molar-refractivity contribution in [3.05, 3.63) is 52.5 Å². The van der Waals surface area contributed by atoms with Crippen molar-refractivity contribution in [2.24, 2.45) is 0 Å². The van der Waals surface area contributed by atoms with Crippen LogP contribution in [0.15, 0.2) is 36.4 Å². The van der Waals surface area contributed by atoms with Crippen LogP contribution in [0.2, 0.25) is 5.02 Å². The maximum atomic E-state index is 6.20. The van der Waals surface area contributed by atoms with Crippen LogP contribution >= 0.6 is 11.6 Å². The van der Waals surface area contributed by atoms with Crippen LogP contribution in [-0.2, 0) is 6.54 Å². The minimum Gasteiger partial charge on any atom is -0.496 e. The Kier molecular flexibility index (Phi) is 5.27. The van der Waals surface area contributed by atoms with E-state index in [0.29, 0.717) is 6.04 Å². The maximum absolute atomic E-state index is 6.20. The molecule has 0 aliphatic heterocycles. The van der Waals surface area contributed by atoms with Crippen LogP contribution in [0, 0.1) is 6.92 Å². The van der Waals surface area contributed by atoms with Crippen LogP contribution in [0.5, 0.6) is 5.75 Å². The number of nitrogens with one attached hydrogen (secondary N) is 1. The number of halogens is 1. The van der Waals surface area contributed by atoms with E-state index in [4.69, 9.17) is 16.3 Å². The number of rotatable bonds is 5. The number of ether oxygens (including phenoxy) is 1. The Labute approximate surface area is 132 Å². The highest BCUT2D eigenvalue weighted by molar-refractivity contribution is 6.30. The van der Waals surface area contributed by atoms with Crippen molar-refractivity contribution in [3.63, 3.8) is 0 Å². The van der Waals surface area contributed by atoms with Gasteiger partial charge in [-0.1, -0.05) is 43.1 Å². The minimum absolute atomic E-state index is 0.438. The molecule has 0 unspecified atom stereocenters. The number of aryl methyl sites for hydroxylation is 1. The molecule has 3 heteroatoms. The summed E-state index contributed by atoms with van der Waals surface area (Å²) in [6.07, 6.45) is 0. The lowest BCUT2D eigenvalue weighted by Gasteiger charge is -2.16. The fourth-order valence-corrected chi connectivity index (χ4v) is 2.47. The molecule has 0 heterocycles. The Morgan fingerprint density at radius 3 is 2.52 bits per heavy atom. The molecule has 0 aromatic heterocycles. The van der Waals surface area contributed by atoms with Gasteiger partial charge in [0.2, 0.25) is 0 Å². The summed E-state index contributed by atoms with van der Waals surface area (Å²) in [7, 11) is 1.70. The molecular weight excluding hydrogens is 282 g/mol. The van der Waals surface area contributed by atoms with Gasteiger partial charge in [0.15, 0.2) is 0 Å². The SMILES string of the molecule is COc1ccc(C)cc1-c1cc(Cl)ccc1CNC(C)C. The van der Waals surface area contributed by atoms with Crippen LogP contribution in [-0.4, -0.2) is 13.2 Å². The summed E-state index contributed by atoms with van der Waals surface area (Å²) in [6.45, 7) is 7.17. The van der Waals surface area contributed by atoms with Crippen LogP contribution in [0.25, 0.3) is 11.1 Å². The molecule has 2 aromatic rings. The molecule has 112 valence electrons. The van der Waals surface area contributed by atoms with Crippen LogP contribution in [0.3, 0.4) is 0 Å². The highest BCUT2D eigenvalue weighted by Crippen LogP contribution is 2.34. The van der Waals surface area contributed by atoms with E-state index >= 15 is 0 Å². The van der Waals surface area contributed by atoms with E-state index in [1.54, 1.807) is 7.11 Å². The molecule has 0 atom stereocenters. The van der Waals surface area contributed by atoms with Crippen LogP contribution in [0.1, 0.15) is 25.0 Å². The van der Waals surface area contributed by atoms with Gasteiger partial charge in [-0.25, -0.2) is 0 Å². The fraction of sp³-hybridized carbons (Fsp3) is 0.333. The van der Waals surface area contributed by atoms with Gasteiger partial charge in [0.25, 0.3) is 0 Å². The van der Waals surface area contributed by atoms with E-state index in [9.17, 15) is 0 Å². The summed E-state index contributed by atoms with van der Waals surface area (Å²) in [5.41, 5.74) is 4.63. The summed E-state index contributed by atoms with van der Waals surface area (Å²) >= 11 is 6.20. The zero-order chi connectivity index (χ0) is 15.4. The van der Waals surface area contributed by atoms with Gasteiger partial charge in [-0.3, -0.25) is 0 Å². The molecule has 2 aromatic carbocycles. The van der Waals surface area contributed by atoms with Gasteiger partial charge in [0, 0.05) is 23.2 Å². The molecule has 0 fully saturated rings. The van der Waals surface area contributed by atoms with Crippen molar-refractivity contribution in [1.82, 2.24) is 5.32 Å². The minimum atomic E-state index is 0.438. The molecule has 0 amide bonds. The van der Waals surface area contributed by atoms with Gasteiger partial charge in [0.1, 0.15) is 5.75 Å². The Morgan fingerprint density at radius 1 is 1.10 bits per heavy atom. The molecule has 0 bridgehead atoms. The largest absolute Gasteiger partial charge is 0.496 e. The van der Waals surface area contributed by atoms with Crippen molar-refractivity contribution < 1.29 is 4.74 Å². The molecule has 0 spiro atoms. The first-order chi connectivity index (χ1) is 10.0. The monoisotopic (exact) mass is 303 g/mol. The lowest BCUT2D eigenvalue weighted by Crippen LogP contribution is -2.22. The van der Waals surface area contributed by atoms with E-state index < -0.39 is 0 Å². The van der Waals surface area contributed by atoms with E-state index in [1.165, 1.54) is 11.1 Å². The highest BCUT2D eigenvalue weighted by Gasteiger charge is 2.12. The molecule has 2 rings (SSSR count). The Morgan fingerprint density at radius 2 is 1.86 bits per heavy atom. The summed E-state index contributed by atoms with van der Waals surface area (Å²) in [5.74, 6) is 0.869. The first-order valence-electron chi connectivity index (χ1n) is 7.18. The highest BCUT2D eigenvalue weighted by atomic mass is 35.5. The molecule has 0 aliphatic rings. The summed E-state index contributed by atoms with van der Waals surface area (Å²) in [4.78, 5) is 0. The van der Waals surface area contributed by atoms with E-state index in [2.05, 4.69) is 44.3 Å². The lowest BCUT2D eigenvalue weighted by atomic mass is 9.97. The average Bonchev–Trinajstić information content (AvgIpc) is 2.45. The topological polar surface area (TPSA) is 21.3 Å². The molecule has 2 nitrogen and oxygen atoms in total. The predicted molar refractivity (Wildman–Crippen MR) is 90.2 cm³/mol. The molecule has 21 heavy (non-hydrogen) atoms. The third-order valence-electron chi connectivity index (χ3n) is 3.42. The maximum Gasteiger partial charge on any atom is 0.126 e. The number of methoxy groups -OCH3 is 1. The van der Waals surface area contributed by atoms with Crippen molar-refractivity contribution in [2.75, 3.05) is 7.11 Å². The quantitative estimate of drug-likeness (QED) is 0.855. The van der Waals surface area contributed by atoms with E-state index in [0.717, 1.165) is 28.4 Å². The molecular formula is C18H22ClNO. The van der Waals surface area contributed by atoms with Gasteiger partial charge in [-0.2, -0.15) is 0 Å². The molecule has 0 saturated heterocycles. The second kappa shape index (κ2) is 6.97. The Hall–Kier alpha value is -1.51. The van der Waals surface area contributed by atoms with E-state index in [-0.39, 0.29) is 0 Å². The zero-order valence-corrected chi connectivity index (χ0v) is 13.8. The van der Waals surface area contributed by atoms with Gasteiger partial charge in [0.05, 0.1) is 7.11 Å². The van der Waals surface area contributed by atoms with Crippen molar-refractivity contribution in [1.29, 1.82) is 0 Å². The first-order valence-corrected chi connectivity index (χ1v) is 7.56. The van der Waals surface area contributed by atoms with Crippen LogP contribution in [0.4, 0.5) is 0 Å². The average molecular weight is 304 g/mol. The fourth-order valence-electron chi connectivity index (χ4n) is 2.30. The van der Waals surface area contributed by atoms with Gasteiger partial charge >= 0.3 is 0 Å². The van der Waals surface area contributed by atoms with Crippen molar-refractivity contribution in [3.8, 4) is 16.9 Å².